The van der Waals surface area contributed by atoms with Gasteiger partial charge in [-0.2, -0.15) is 10.1 Å². The SMILES string of the molecule is O=C1[C@@H]2[C@H]3C=C[C@@H]([C@@H]4C[C@H]34)[C@@H]2C(=O)N1/N=C\c1cc(I)c(O)c(I)c1. The number of phenols is 1. The van der Waals surface area contributed by atoms with Crippen LogP contribution < -0.4 is 0 Å². The van der Waals surface area contributed by atoms with E-state index < -0.39 is 0 Å². The Hall–Kier alpha value is -0.970. The van der Waals surface area contributed by atoms with Crippen LogP contribution in [0, 0.1) is 42.6 Å². The topological polar surface area (TPSA) is 70.0 Å². The normalized spacial score (nSPS) is 37.8. The first-order chi connectivity index (χ1) is 12.0. The molecule has 2 bridgehead atoms. The molecule has 1 aliphatic heterocycles. The fourth-order valence-corrected chi connectivity index (χ4v) is 6.66. The molecule has 3 fully saturated rings. The summed E-state index contributed by atoms with van der Waals surface area (Å²) in [5.41, 5.74) is 0.756. The predicted octanol–water partition coefficient (Wildman–Crippen LogP) is 2.99. The molecule has 2 saturated carbocycles. The highest BCUT2D eigenvalue weighted by molar-refractivity contribution is 14.1. The summed E-state index contributed by atoms with van der Waals surface area (Å²) in [6, 6.07) is 3.56. The molecule has 0 spiro atoms. The molecular formula is C18H14I2N2O3. The van der Waals surface area contributed by atoms with E-state index in [2.05, 4.69) is 17.3 Å². The number of aromatic hydroxyl groups is 1. The average Bonchev–Trinajstić information content (AvgIpc) is 3.37. The van der Waals surface area contributed by atoms with E-state index in [-0.39, 0.29) is 41.2 Å². The van der Waals surface area contributed by atoms with E-state index in [1.807, 2.05) is 45.2 Å². The van der Waals surface area contributed by atoms with Crippen molar-refractivity contribution in [2.75, 3.05) is 0 Å². The quantitative estimate of drug-likeness (QED) is 0.262. The first-order valence-electron chi connectivity index (χ1n) is 8.25. The second-order valence-corrected chi connectivity index (χ2v) is 9.54. The van der Waals surface area contributed by atoms with Crippen LogP contribution in [0.25, 0.3) is 0 Å². The number of phenolic OH excluding ortho intramolecular Hbond substituents is 1. The highest BCUT2D eigenvalue weighted by Crippen LogP contribution is 2.65. The molecule has 6 atom stereocenters. The second kappa shape index (κ2) is 5.51. The van der Waals surface area contributed by atoms with Gasteiger partial charge in [0.15, 0.2) is 0 Å². The van der Waals surface area contributed by atoms with E-state index >= 15 is 0 Å². The highest BCUT2D eigenvalue weighted by Gasteiger charge is 2.67. The van der Waals surface area contributed by atoms with Gasteiger partial charge in [-0.1, -0.05) is 12.2 Å². The molecule has 1 saturated heterocycles. The summed E-state index contributed by atoms with van der Waals surface area (Å²) in [4.78, 5) is 25.7. The van der Waals surface area contributed by atoms with Crippen molar-refractivity contribution >= 4 is 63.2 Å². The van der Waals surface area contributed by atoms with Crippen LogP contribution in [0.15, 0.2) is 29.4 Å². The van der Waals surface area contributed by atoms with Crippen LogP contribution in [0.5, 0.6) is 5.75 Å². The molecule has 0 radical (unpaired) electrons. The van der Waals surface area contributed by atoms with Gasteiger partial charge >= 0.3 is 0 Å². The number of rotatable bonds is 2. The number of allylic oxidation sites excluding steroid dienone is 2. The molecule has 1 aromatic carbocycles. The van der Waals surface area contributed by atoms with Gasteiger partial charge in [0.2, 0.25) is 0 Å². The van der Waals surface area contributed by atoms with E-state index in [1.54, 1.807) is 12.1 Å². The van der Waals surface area contributed by atoms with Gasteiger partial charge in [-0.3, -0.25) is 9.59 Å². The van der Waals surface area contributed by atoms with Crippen LogP contribution in [0.3, 0.4) is 0 Å². The summed E-state index contributed by atoms with van der Waals surface area (Å²) in [5.74, 6) is 1.11. The van der Waals surface area contributed by atoms with Gasteiger partial charge in [0.1, 0.15) is 5.75 Å². The van der Waals surface area contributed by atoms with E-state index in [9.17, 15) is 14.7 Å². The zero-order valence-electron chi connectivity index (χ0n) is 13.0. The largest absolute Gasteiger partial charge is 0.506 e. The third-order valence-electron chi connectivity index (χ3n) is 6.00. The zero-order chi connectivity index (χ0) is 17.5. The summed E-state index contributed by atoms with van der Waals surface area (Å²) < 4.78 is 1.42. The molecule has 2 amide bonds. The molecule has 1 aromatic rings. The lowest BCUT2D eigenvalue weighted by Gasteiger charge is -2.37. The summed E-state index contributed by atoms with van der Waals surface area (Å²) >= 11 is 4.09. The van der Waals surface area contributed by atoms with Crippen molar-refractivity contribution in [1.29, 1.82) is 0 Å². The number of hydrogen-bond donors (Lipinski definition) is 1. The molecule has 1 N–H and O–H groups in total. The van der Waals surface area contributed by atoms with Gasteiger partial charge in [-0.05, 0) is 93.0 Å². The van der Waals surface area contributed by atoms with Crippen molar-refractivity contribution in [3.63, 3.8) is 0 Å². The van der Waals surface area contributed by atoms with Crippen molar-refractivity contribution in [3.05, 3.63) is 37.0 Å². The van der Waals surface area contributed by atoms with Gasteiger partial charge in [-0.15, -0.1) is 0 Å². The zero-order valence-corrected chi connectivity index (χ0v) is 17.3. The molecule has 25 heavy (non-hydrogen) atoms. The van der Waals surface area contributed by atoms with Crippen molar-refractivity contribution in [2.45, 2.75) is 6.42 Å². The van der Waals surface area contributed by atoms with Crippen molar-refractivity contribution in [2.24, 2.45) is 40.6 Å². The predicted molar refractivity (Wildman–Crippen MR) is 108 cm³/mol. The molecule has 5 nitrogen and oxygen atoms in total. The van der Waals surface area contributed by atoms with Crippen molar-refractivity contribution in [1.82, 2.24) is 5.01 Å². The second-order valence-electron chi connectivity index (χ2n) is 7.22. The van der Waals surface area contributed by atoms with Gasteiger partial charge in [0.05, 0.1) is 25.2 Å². The summed E-state index contributed by atoms with van der Waals surface area (Å²) in [6.07, 6.45) is 7.00. The lowest BCUT2D eigenvalue weighted by Crippen LogP contribution is -2.40. The number of hydrazone groups is 1. The number of carbonyl (C=O) groups is 2. The van der Waals surface area contributed by atoms with Crippen LogP contribution in [0.4, 0.5) is 0 Å². The highest BCUT2D eigenvalue weighted by atomic mass is 127. The van der Waals surface area contributed by atoms with Gasteiger partial charge < -0.3 is 5.11 Å². The lowest BCUT2D eigenvalue weighted by molar-refractivity contribution is -0.140. The average molecular weight is 560 g/mol. The van der Waals surface area contributed by atoms with E-state index in [4.69, 9.17) is 0 Å². The first kappa shape index (κ1) is 16.2. The lowest BCUT2D eigenvalue weighted by atomic mass is 9.63. The minimum absolute atomic E-state index is 0.154. The molecule has 0 aromatic heterocycles. The van der Waals surface area contributed by atoms with Crippen LogP contribution in [-0.4, -0.2) is 28.1 Å². The third-order valence-corrected chi connectivity index (χ3v) is 7.65. The van der Waals surface area contributed by atoms with Crippen LogP contribution in [0.2, 0.25) is 0 Å². The summed E-state index contributed by atoms with van der Waals surface area (Å²) in [7, 11) is 0. The van der Waals surface area contributed by atoms with Crippen LogP contribution >= 0.6 is 45.2 Å². The Bertz CT molecular complexity index is 822. The number of amides is 2. The van der Waals surface area contributed by atoms with Crippen LogP contribution in [0.1, 0.15) is 12.0 Å². The van der Waals surface area contributed by atoms with Crippen molar-refractivity contribution in [3.8, 4) is 5.75 Å². The number of carbonyl (C=O) groups excluding carboxylic acids is 2. The molecule has 5 aliphatic rings. The molecule has 6 rings (SSSR count). The van der Waals surface area contributed by atoms with E-state index in [0.717, 1.165) is 17.0 Å². The monoisotopic (exact) mass is 560 g/mol. The molecule has 0 unspecified atom stereocenters. The maximum atomic E-state index is 12.8. The minimum Gasteiger partial charge on any atom is -0.506 e. The Morgan fingerprint density at radius 3 is 2.08 bits per heavy atom. The Morgan fingerprint density at radius 1 is 1.04 bits per heavy atom. The van der Waals surface area contributed by atoms with Gasteiger partial charge in [0.25, 0.3) is 11.8 Å². The number of nitrogens with zero attached hydrogens (tertiary/aromatic N) is 2. The Morgan fingerprint density at radius 2 is 1.56 bits per heavy atom. The standard InChI is InChI=1S/C18H14I2N2O3/c19-12-3-7(4-13(20)16(12)23)6-21-22-17(24)14-8-1-2-9(11-5-10(8)11)15(14)18(22)25/h1-4,6,8-11,14-15,23H,5H2/b21-6-/t8-,9-,10-,11+,14-,15+/m0/s1. The Kier molecular flexibility index (Phi) is 3.58. The number of hydrogen-bond acceptors (Lipinski definition) is 4. The number of benzene rings is 1. The smallest absolute Gasteiger partial charge is 0.254 e. The molecule has 128 valence electrons. The Balaban J connectivity index is 1.45. The van der Waals surface area contributed by atoms with Gasteiger partial charge in [-0.25, -0.2) is 0 Å². The molecule has 7 heteroatoms. The minimum atomic E-state index is -0.219. The maximum Gasteiger partial charge on any atom is 0.254 e. The fraction of sp³-hybridized carbons (Fsp3) is 0.389. The first-order valence-corrected chi connectivity index (χ1v) is 10.4. The maximum absolute atomic E-state index is 12.8. The number of imide groups is 1. The van der Waals surface area contributed by atoms with E-state index in [1.165, 1.54) is 6.21 Å². The van der Waals surface area contributed by atoms with E-state index in [0.29, 0.717) is 19.0 Å². The third kappa shape index (κ3) is 2.27. The molecule has 1 heterocycles. The van der Waals surface area contributed by atoms with Crippen molar-refractivity contribution < 1.29 is 14.7 Å². The Labute approximate surface area is 171 Å². The fourth-order valence-electron chi connectivity index (χ4n) is 4.84. The van der Waals surface area contributed by atoms with Gasteiger partial charge in [0, 0.05) is 0 Å². The summed E-state index contributed by atoms with van der Waals surface area (Å²) in [6.45, 7) is 0. The summed E-state index contributed by atoms with van der Waals surface area (Å²) in [5, 5.41) is 15.1. The van der Waals surface area contributed by atoms with Crippen LogP contribution in [-0.2, 0) is 9.59 Å². The number of halogens is 2. The molecule has 4 aliphatic carbocycles. The molecular weight excluding hydrogens is 546 g/mol.